The highest BCUT2D eigenvalue weighted by molar-refractivity contribution is 5.73. The number of fused-ring (bicyclic) bond motifs is 1. The summed E-state index contributed by atoms with van der Waals surface area (Å²) in [6.45, 7) is 2.05. The summed E-state index contributed by atoms with van der Waals surface area (Å²) < 4.78 is 43.1. The molecule has 1 aliphatic carbocycles. The van der Waals surface area contributed by atoms with Gasteiger partial charge in [0.15, 0.2) is 0 Å². The Morgan fingerprint density at radius 3 is 2.10 bits per heavy atom. The van der Waals surface area contributed by atoms with Crippen molar-refractivity contribution < 1.29 is 23.4 Å². The predicted octanol–water partition coefficient (Wildman–Crippen LogP) is 4.96. The van der Waals surface area contributed by atoms with E-state index in [0.29, 0.717) is 0 Å². The van der Waals surface area contributed by atoms with E-state index in [0.717, 1.165) is 27.2 Å². The Balaban J connectivity index is 1.42. The van der Waals surface area contributed by atoms with E-state index in [2.05, 4.69) is 12.0 Å². The zero-order valence-electron chi connectivity index (χ0n) is 21.8. The lowest BCUT2D eigenvalue weighted by Gasteiger charge is -2.46. The smallest absolute Gasteiger partial charge is 0.392 e. The van der Waals surface area contributed by atoms with Crippen molar-refractivity contribution in [2.45, 2.75) is 36.6 Å². The summed E-state index contributed by atoms with van der Waals surface area (Å²) in [5, 5.41) is 24.6. The fourth-order valence-electron chi connectivity index (χ4n) is 6.34. The number of nitrogens with zero attached hydrogens (tertiary/aromatic N) is 2. The van der Waals surface area contributed by atoms with Crippen LogP contribution in [0.1, 0.15) is 35.2 Å². The van der Waals surface area contributed by atoms with Gasteiger partial charge < -0.3 is 15.1 Å². The van der Waals surface area contributed by atoms with Crippen molar-refractivity contribution in [3.8, 4) is 5.69 Å². The number of para-hydroxylation sites is 2. The average molecular weight is 548 g/mol. The van der Waals surface area contributed by atoms with Crippen LogP contribution in [0.4, 0.5) is 18.9 Å². The Hall–Kier alpha value is -4.08. The van der Waals surface area contributed by atoms with E-state index in [9.17, 15) is 28.2 Å². The average Bonchev–Trinajstić information content (AvgIpc) is 3.40. The second kappa shape index (κ2) is 9.25. The first-order valence-corrected chi connectivity index (χ1v) is 13.0. The van der Waals surface area contributed by atoms with Crippen molar-refractivity contribution in [2.24, 2.45) is 5.92 Å². The third-order valence-electron chi connectivity index (χ3n) is 8.46. The number of likely N-dealkylation sites (N-methyl/N-ethyl adjacent to an activating group) is 1. The quantitative estimate of drug-likeness (QED) is 0.338. The molecule has 3 unspecified atom stereocenters. The molecular weight excluding hydrogens is 519 g/mol. The van der Waals surface area contributed by atoms with Gasteiger partial charge >= 0.3 is 6.18 Å². The fourth-order valence-corrected chi connectivity index (χ4v) is 6.34. The number of anilines is 1. The van der Waals surface area contributed by atoms with Gasteiger partial charge in [0.25, 0.3) is 5.56 Å². The van der Waals surface area contributed by atoms with Gasteiger partial charge in [-0.05, 0) is 36.2 Å². The van der Waals surface area contributed by atoms with Crippen LogP contribution in [0.15, 0.2) is 101 Å². The summed E-state index contributed by atoms with van der Waals surface area (Å²) in [4.78, 5) is 15.3. The Morgan fingerprint density at radius 1 is 0.900 bits per heavy atom. The lowest BCUT2D eigenvalue weighted by molar-refractivity contribution is -0.145. The summed E-state index contributed by atoms with van der Waals surface area (Å²) in [6, 6.07) is 25.6. The summed E-state index contributed by atoms with van der Waals surface area (Å²) >= 11 is 0. The molecule has 206 valence electrons. The maximum Gasteiger partial charge on any atom is 0.433 e. The van der Waals surface area contributed by atoms with E-state index in [1.165, 1.54) is 12.1 Å². The second-order valence-corrected chi connectivity index (χ2v) is 10.6. The first-order valence-electron chi connectivity index (χ1n) is 13.0. The van der Waals surface area contributed by atoms with Gasteiger partial charge in [-0.15, -0.1) is 0 Å². The topological polar surface area (TPSA) is 81.5 Å². The standard InChI is InChI=1S/C31H28F3N3O3/c1-30(18-11-5-3-6-12-18)21-15-9-10-16-22(21)36(2)23(30)17-20-26(38)24(27(20)39)25-28(31(32,33)34)35-37(29(25)40)19-13-7-4-8-14-19/h3-17,20,24,26-27,35,38-39H,1-2H3. The number of hydrogen-bond donors (Lipinski definition) is 3. The van der Waals surface area contributed by atoms with E-state index in [1.807, 2.05) is 66.5 Å². The number of rotatable bonds is 4. The molecule has 0 spiro atoms. The van der Waals surface area contributed by atoms with Crippen LogP contribution >= 0.6 is 0 Å². The lowest BCUT2D eigenvalue weighted by Crippen LogP contribution is -2.55. The van der Waals surface area contributed by atoms with Crippen LogP contribution in [0.25, 0.3) is 5.69 Å². The van der Waals surface area contributed by atoms with Crippen LogP contribution in [0.2, 0.25) is 0 Å². The van der Waals surface area contributed by atoms with Gasteiger partial charge in [0.1, 0.15) is 5.69 Å². The molecule has 3 atom stereocenters. The van der Waals surface area contributed by atoms with E-state index >= 15 is 0 Å². The summed E-state index contributed by atoms with van der Waals surface area (Å²) in [5.41, 5.74) is 0.461. The number of aromatic nitrogens is 2. The Morgan fingerprint density at radius 2 is 1.48 bits per heavy atom. The largest absolute Gasteiger partial charge is 0.433 e. The number of halogens is 3. The number of aliphatic hydroxyl groups excluding tert-OH is 2. The molecule has 0 radical (unpaired) electrons. The molecule has 40 heavy (non-hydrogen) atoms. The molecule has 9 heteroatoms. The first-order chi connectivity index (χ1) is 19.0. The molecule has 6 rings (SSSR count). The number of hydrogen-bond acceptors (Lipinski definition) is 4. The minimum absolute atomic E-state index is 0.218. The third-order valence-corrected chi connectivity index (χ3v) is 8.46. The van der Waals surface area contributed by atoms with Crippen molar-refractivity contribution in [1.82, 2.24) is 9.78 Å². The molecule has 0 amide bonds. The van der Waals surface area contributed by atoms with Crippen molar-refractivity contribution in [1.29, 1.82) is 0 Å². The molecular formula is C31H28F3N3O3. The van der Waals surface area contributed by atoms with Crippen molar-refractivity contribution in [3.63, 3.8) is 0 Å². The normalized spacial score (nSPS) is 27.1. The Kier molecular flexibility index (Phi) is 6.05. The minimum atomic E-state index is -4.89. The molecule has 1 aliphatic heterocycles. The highest BCUT2D eigenvalue weighted by atomic mass is 19.4. The minimum Gasteiger partial charge on any atom is -0.392 e. The van der Waals surface area contributed by atoms with Crippen LogP contribution in [-0.4, -0.2) is 39.2 Å². The maximum atomic E-state index is 14.1. The second-order valence-electron chi connectivity index (χ2n) is 10.6. The zero-order chi connectivity index (χ0) is 28.4. The number of benzene rings is 3. The van der Waals surface area contributed by atoms with Gasteiger partial charge in [-0.2, -0.15) is 13.2 Å². The molecule has 4 aromatic rings. The molecule has 1 fully saturated rings. The molecule has 2 aliphatic rings. The number of alkyl halides is 3. The molecule has 1 saturated carbocycles. The van der Waals surface area contributed by atoms with Crippen LogP contribution < -0.4 is 10.5 Å². The van der Waals surface area contributed by atoms with Gasteiger partial charge in [-0.1, -0.05) is 72.8 Å². The molecule has 6 nitrogen and oxygen atoms in total. The van der Waals surface area contributed by atoms with E-state index < -0.39 is 52.5 Å². The van der Waals surface area contributed by atoms with E-state index in [4.69, 9.17) is 0 Å². The molecule has 2 heterocycles. The van der Waals surface area contributed by atoms with Gasteiger partial charge in [-0.3, -0.25) is 9.89 Å². The number of H-pyrrole nitrogens is 1. The number of nitrogens with one attached hydrogen (secondary N) is 1. The van der Waals surface area contributed by atoms with Crippen molar-refractivity contribution >= 4 is 5.69 Å². The van der Waals surface area contributed by atoms with Crippen molar-refractivity contribution in [3.05, 3.63) is 129 Å². The Labute approximate surface area is 228 Å². The first kappa shape index (κ1) is 26.2. The van der Waals surface area contributed by atoms with Gasteiger partial charge in [0, 0.05) is 30.3 Å². The molecule has 3 aromatic carbocycles. The van der Waals surface area contributed by atoms with E-state index in [1.54, 1.807) is 24.3 Å². The molecule has 0 saturated heterocycles. The predicted molar refractivity (Wildman–Crippen MR) is 145 cm³/mol. The summed E-state index contributed by atoms with van der Waals surface area (Å²) in [5.74, 6) is -2.30. The lowest BCUT2D eigenvalue weighted by atomic mass is 9.64. The molecule has 1 aromatic heterocycles. The zero-order valence-corrected chi connectivity index (χ0v) is 21.8. The molecule has 0 bridgehead atoms. The van der Waals surface area contributed by atoms with Crippen LogP contribution in [-0.2, 0) is 11.6 Å². The number of aliphatic hydroxyl groups is 2. The van der Waals surface area contributed by atoms with Gasteiger partial charge in [-0.25, -0.2) is 4.68 Å². The molecule has 3 N–H and O–H groups in total. The van der Waals surface area contributed by atoms with Crippen LogP contribution in [0.3, 0.4) is 0 Å². The highest BCUT2D eigenvalue weighted by Crippen LogP contribution is 2.53. The SMILES string of the molecule is CN1C(=CC2C(O)C(c3c(C(F)(F)F)[nH]n(-c4ccccc4)c3=O)C2O)C(C)(c2ccccc2)c2ccccc21. The summed E-state index contributed by atoms with van der Waals surface area (Å²) in [6.07, 6.45) is -5.97. The highest BCUT2D eigenvalue weighted by Gasteiger charge is 2.55. The maximum absolute atomic E-state index is 14.1. The summed E-state index contributed by atoms with van der Waals surface area (Å²) in [7, 11) is 1.89. The van der Waals surface area contributed by atoms with E-state index in [-0.39, 0.29) is 5.69 Å². The number of aromatic amines is 1. The van der Waals surface area contributed by atoms with Gasteiger partial charge in [0.2, 0.25) is 0 Å². The van der Waals surface area contributed by atoms with Crippen LogP contribution in [0.5, 0.6) is 0 Å². The van der Waals surface area contributed by atoms with Crippen LogP contribution in [0, 0.1) is 5.92 Å². The van der Waals surface area contributed by atoms with Gasteiger partial charge in [0.05, 0.1) is 28.9 Å². The number of allylic oxidation sites excluding steroid dienone is 1. The monoisotopic (exact) mass is 547 g/mol. The van der Waals surface area contributed by atoms with Crippen molar-refractivity contribution in [2.75, 3.05) is 11.9 Å². The fraction of sp³-hybridized carbons (Fsp3) is 0.258. The Bertz CT molecular complexity index is 1640. The third kappa shape index (κ3) is 3.76.